The summed E-state index contributed by atoms with van der Waals surface area (Å²) in [5, 5.41) is 0. The van der Waals surface area contributed by atoms with E-state index in [2.05, 4.69) is 4.99 Å². The number of thioether (sulfide) groups is 1. The van der Waals surface area contributed by atoms with Gasteiger partial charge in [-0.3, -0.25) is 0 Å². The van der Waals surface area contributed by atoms with Gasteiger partial charge in [0.2, 0.25) is 0 Å². The van der Waals surface area contributed by atoms with Crippen LogP contribution < -0.4 is 29.0 Å². The second kappa shape index (κ2) is 9.23. The molecule has 0 radical (unpaired) electrons. The monoisotopic (exact) mass is 217 g/mol. The van der Waals surface area contributed by atoms with Gasteiger partial charge in [0.25, 0.3) is 0 Å². The van der Waals surface area contributed by atoms with E-state index in [1.165, 1.54) is 0 Å². The molecular formula is C3H8INS. The Balaban J connectivity index is 0. The van der Waals surface area contributed by atoms with Crippen molar-refractivity contribution in [2.45, 2.75) is 0 Å². The summed E-state index contributed by atoms with van der Waals surface area (Å²) in [4.78, 5) is 2.86. The van der Waals surface area contributed by atoms with Gasteiger partial charge in [-0.2, -0.15) is 0 Å². The van der Waals surface area contributed by atoms with E-state index in [0.717, 1.165) is 0 Å². The topological polar surface area (TPSA) is 14.0 Å². The lowest BCUT2D eigenvalue weighted by atomic mass is 11.4. The molecule has 0 saturated heterocycles. The molecule has 6 heavy (non-hydrogen) atoms. The highest BCUT2D eigenvalue weighted by molar-refractivity contribution is 8.11. The van der Waals surface area contributed by atoms with Crippen LogP contribution in [0.15, 0.2) is 0 Å². The highest BCUT2D eigenvalue weighted by Crippen LogP contribution is 1.72. The van der Waals surface area contributed by atoms with Gasteiger partial charge in [-0.15, -0.1) is 0 Å². The van der Waals surface area contributed by atoms with E-state index in [9.17, 15) is 0 Å². The zero-order valence-corrected chi connectivity index (χ0v) is 6.84. The molecule has 0 aliphatic rings. The van der Waals surface area contributed by atoms with Gasteiger partial charge in [0.15, 0.2) is 5.55 Å². The van der Waals surface area contributed by atoms with Crippen molar-refractivity contribution in [2.75, 3.05) is 13.3 Å². The minimum atomic E-state index is 0. The molecule has 0 spiro atoms. The average Bonchev–Trinajstić information content (AvgIpc) is 1.41. The maximum absolute atomic E-state index is 2.86. The summed E-state index contributed by atoms with van der Waals surface area (Å²) in [5.74, 6) is 0. The van der Waals surface area contributed by atoms with Crippen molar-refractivity contribution in [3.8, 4) is 0 Å². The molecule has 0 saturated carbocycles. The number of rotatable bonds is 1. The highest BCUT2D eigenvalue weighted by atomic mass is 127. The summed E-state index contributed by atoms with van der Waals surface area (Å²) in [7, 11) is 1.89. The van der Waals surface area contributed by atoms with Crippen LogP contribution in [-0.2, 0) is 0 Å². The fourth-order valence-electron chi connectivity index (χ4n) is 0.118. The van der Waals surface area contributed by atoms with Crippen LogP contribution in [0, 0.1) is 0 Å². The highest BCUT2D eigenvalue weighted by Gasteiger charge is 1.59. The van der Waals surface area contributed by atoms with Crippen molar-refractivity contribution in [2.24, 2.45) is 0 Å². The molecule has 38 valence electrons. The SMILES string of the molecule is C[NH+]=CSC.[I-]. The number of hydrogen-bond donors (Lipinski definition) is 1. The lowest BCUT2D eigenvalue weighted by Crippen LogP contribution is -3.00. The summed E-state index contributed by atoms with van der Waals surface area (Å²) in [5.41, 5.74) is 1.92. The lowest BCUT2D eigenvalue weighted by molar-refractivity contribution is -0.411. The van der Waals surface area contributed by atoms with Gasteiger partial charge in [-0.25, -0.2) is 4.99 Å². The Hall–Kier alpha value is 0.750. The Labute approximate surface area is 59.6 Å². The minimum absolute atomic E-state index is 0. The largest absolute Gasteiger partial charge is 1.00 e. The third-order valence-electron chi connectivity index (χ3n) is 0.236. The Kier molecular flexibility index (Phi) is 15.2. The third-order valence-corrected chi connectivity index (χ3v) is 0.707. The van der Waals surface area contributed by atoms with Gasteiger partial charge in [0.1, 0.15) is 7.05 Å². The van der Waals surface area contributed by atoms with Gasteiger partial charge in [-0.1, -0.05) is 11.8 Å². The molecule has 0 aliphatic carbocycles. The van der Waals surface area contributed by atoms with Crippen molar-refractivity contribution < 1.29 is 29.0 Å². The summed E-state index contributed by atoms with van der Waals surface area (Å²) in [6.07, 6.45) is 2.01. The van der Waals surface area contributed by atoms with Gasteiger partial charge >= 0.3 is 0 Å². The van der Waals surface area contributed by atoms with Crippen LogP contribution in [0.4, 0.5) is 0 Å². The van der Waals surface area contributed by atoms with Crippen LogP contribution in [0.5, 0.6) is 0 Å². The van der Waals surface area contributed by atoms with E-state index in [0.29, 0.717) is 0 Å². The van der Waals surface area contributed by atoms with E-state index in [1.54, 1.807) is 11.8 Å². The van der Waals surface area contributed by atoms with Crippen molar-refractivity contribution in [1.82, 2.24) is 0 Å². The minimum Gasteiger partial charge on any atom is -1.00 e. The molecular weight excluding hydrogens is 209 g/mol. The molecule has 0 unspecified atom stereocenters. The average molecular weight is 217 g/mol. The first kappa shape index (κ1) is 9.89. The van der Waals surface area contributed by atoms with E-state index in [4.69, 9.17) is 0 Å². The maximum Gasteiger partial charge on any atom is 0.195 e. The van der Waals surface area contributed by atoms with Gasteiger partial charge < -0.3 is 24.0 Å². The molecule has 0 fully saturated rings. The predicted molar refractivity (Wildman–Crippen MR) is 26.5 cm³/mol. The lowest BCUT2D eigenvalue weighted by Gasteiger charge is -1.59. The first-order valence-electron chi connectivity index (χ1n) is 1.43. The molecule has 0 aromatic carbocycles. The van der Waals surface area contributed by atoms with Crippen LogP contribution in [0.3, 0.4) is 0 Å². The Morgan fingerprint density at radius 3 is 2.17 bits per heavy atom. The van der Waals surface area contributed by atoms with Crippen LogP contribution in [-0.4, -0.2) is 18.9 Å². The van der Waals surface area contributed by atoms with Crippen molar-refractivity contribution in [3.63, 3.8) is 0 Å². The van der Waals surface area contributed by atoms with E-state index >= 15 is 0 Å². The molecule has 1 N–H and O–H groups in total. The van der Waals surface area contributed by atoms with Gasteiger partial charge in [-0.05, 0) is 6.26 Å². The number of halogens is 1. The zero-order valence-electron chi connectivity index (χ0n) is 3.86. The molecule has 0 amide bonds. The second-order valence-corrected chi connectivity index (χ2v) is 1.35. The van der Waals surface area contributed by atoms with Crippen molar-refractivity contribution >= 4 is 17.3 Å². The van der Waals surface area contributed by atoms with Crippen molar-refractivity contribution in [1.29, 1.82) is 0 Å². The molecule has 0 aromatic heterocycles. The molecule has 0 atom stereocenters. The summed E-state index contributed by atoms with van der Waals surface area (Å²) in [6, 6.07) is 0. The van der Waals surface area contributed by atoms with Crippen LogP contribution >= 0.6 is 11.8 Å². The quantitative estimate of drug-likeness (QED) is 0.269. The predicted octanol–water partition coefficient (Wildman–Crippen LogP) is -3.91. The normalized spacial score (nSPS) is 8.33. The summed E-state index contributed by atoms with van der Waals surface area (Å²) < 4.78 is 0. The number of nitrogens with one attached hydrogen (secondary N) is 1. The van der Waals surface area contributed by atoms with Gasteiger partial charge in [0, 0.05) is 0 Å². The Morgan fingerprint density at radius 1 is 1.67 bits per heavy atom. The van der Waals surface area contributed by atoms with Crippen molar-refractivity contribution in [3.05, 3.63) is 0 Å². The first-order valence-corrected chi connectivity index (χ1v) is 2.72. The van der Waals surface area contributed by atoms with Gasteiger partial charge in [0.05, 0.1) is 0 Å². The van der Waals surface area contributed by atoms with E-state index in [1.807, 2.05) is 18.9 Å². The summed E-state index contributed by atoms with van der Waals surface area (Å²) in [6.45, 7) is 0. The Morgan fingerprint density at radius 2 is 2.17 bits per heavy atom. The first-order chi connectivity index (χ1) is 2.41. The molecule has 3 heteroatoms. The van der Waals surface area contributed by atoms with Crippen LogP contribution in [0.1, 0.15) is 0 Å². The molecule has 0 heterocycles. The van der Waals surface area contributed by atoms with E-state index < -0.39 is 0 Å². The second-order valence-electron chi connectivity index (χ2n) is 0.642. The standard InChI is InChI=1S/C3H7NS.HI/c1-4-3-5-2;/h3H,1-2H3;1H. The molecule has 0 bridgehead atoms. The number of hydrogen-bond acceptors (Lipinski definition) is 1. The van der Waals surface area contributed by atoms with E-state index in [-0.39, 0.29) is 24.0 Å². The molecule has 0 aliphatic heterocycles. The molecule has 0 rings (SSSR count). The smallest absolute Gasteiger partial charge is 0.195 e. The van der Waals surface area contributed by atoms with Crippen LogP contribution in [0.25, 0.3) is 0 Å². The fraction of sp³-hybridized carbons (Fsp3) is 0.667. The summed E-state index contributed by atoms with van der Waals surface area (Å²) >= 11 is 1.67. The fourth-order valence-corrected chi connectivity index (χ4v) is 0.354. The van der Waals surface area contributed by atoms with Crippen LogP contribution in [0.2, 0.25) is 0 Å². The third kappa shape index (κ3) is 8.83. The maximum atomic E-state index is 2.86. The molecule has 1 nitrogen and oxygen atoms in total. The zero-order chi connectivity index (χ0) is 4.12. The molecule has 0 aromatic rings. The Bertz CT molecular complexity index is 37.8.